The van der Waals surface area contributed by atoms with Crippen molar-refractivity contribution in [2.45, 2.75) is 23.5 Å². The normalized spacial score (nSPS) is 11.6. The minimum atomic E-state index is -3.44. The van der Waals surface area contributed by atoms with Crippen LogP contribution < -0.4 is 10.5 Å². The molecule has 1 aromatic heterocycles. The third kappa shape index (κ3) is 5.53. The summed E-state index contributed by atoms with van der Waals surface area (Å²) in [6.07, 6.45) is 2.65. The summed E-state index contributed by atoms with van der Waals surface area (Å²) in [7, 11) is -1.79. The summed E-state index contributed by atoms with van der Waals surface area (Å²) in [5, 5.41) is 0. The first-order chi connectivity index (χ1) is 8.97. The van der Waals surface area contributed by atoms with Crippen molar-refractivity contribution in [1.29, 1.82) is 0 Å². The first kappa shape index (κ1) is 16.5. The van der Waals surface area contributed by atoms with Crippen molar-refractivity contribution < 1.29 is 13.2 Å². The van der Waals surface area contributed by atoms with Gasteiger partial charge in [0.05, 0.1) is 4.88 Å². The molecule has 0 aliphatic rings. The van der Waals surface area contributed by atoms with E-state index in [1.165, 1.54) is 6.07 Å². The summed E-state index contributed by atoms with van der Waals surface area (Å²) in [6.45, 7) is 1.13. The number of thiophene rings is 1. The molecule has 0 aliphatic carbocycles. The van der Waals surface area contributed by atoms with E-state index >= 15 is 0 Å². The van der Waals surface area contributed by atoms with Crippen LogP contribution in [0, 0.1) is 0 Å². The third-order valence-electron chi connectivity index (χ3n) is 2.41. The number of rotatable bonds is 9. The number of hydrogen-bond acceptors (Lipinski definition) is 5. The maximum absolute atomic E-state index is 11.9. The SMILES string of the molecule is COCCCCCNS(=O)(=O)c1ccc(C(N)=S)s1. The molecule has 0 fully saturated rings. The lowest BCUT2D eigenvalue weighted by Gasteiger charge is -2.04. The summed E-state index contributed by atoms with van der Waals surface area (Å²) in [4.78, 5) is 0.821. The molecule has 0 atom stereocenters. The van der Waals surface area contributed by atoms with Crippen LogP contribution >= 0.6 is 23.6 Å². The molecule has 0 amide bonds. The molecule has 0 spiro atoms. The average Bonchev–Trinajstić information content (AvgIpc) is 2.84. The van der Waals surface area contributed by atoms with Gasteiger partial charge < -0.3 is 10.5 Å². The Morgan fingerprint density at radius 3 is 2.74 bits per heavy atom. The molecular formula is C11H18N2O3S3. The molecule has 19 heavy (non-hydrogen) atoms. The molecule has 3 N–H and O–H groups in total. The Labute approximate surface area is 123 Å². The number of ether oxygens (including phenoxy) is 1. The summed E-state index contributed by atoms with van der Waals surface area (Å²) >= 11 is 5.89. The van der Waals surface area contributed by atoms with E-state index in [1.807, 2.05) is 0 Å². The predicted octanol–water partition coefficient (Wildman–Crippen LogP) is 1.48. The number of nitrogens with one attached hydrogen (secondary N) is 1. The van der Waals surface area contributed by atoms with E-state index in [-0.39, 0.29) is 9.20 Å². The fourth-order valence-electron chi connectivity index (χ4n) is 1.42. The number of methoxy groups -OCH3 is 1. The second-order valence-electron chi connectivity index (χ2n) is 3.93. The fraction of sp³-hybridized carbons (Fsp3) is 0.545. The van der Waals surface area contributed by atoms with Gasteiger partial charge in [-0.15, -0.1) is 11.3 Å². The van der Waals surface area contributed by atoms with E-state index < -0.39 is 10.0 Å². The Morgan fingerprint density at radius 2 is 2.16 bits per heavy atom. The maximum atomic E-state index is 11.9. The highest BCUT2D eigenvalue weighted by Crippen LogP contribution is 2.21. The maximum Gasteiger partial charge on any atom is 0.250 e. The van der Waals surface area contributed by atoms with E-state index in [0.29, 0.717) is 18.0 Å². The first-order valence-corrected chi connectivity index (χ1v) is 8.56. The molecule has 0 saturated heterocycles. The lowest BCUT2D eigenvalue weighted by molar-refractivity contribution is 0.192. The highest BCUT2D eigenvalue weighted by atomic mass is 32.2. The number of hydrogen-bond donors (Lipinski definition) is 2. The van der Waals surface area contributed by atoms with Gasteiger partial charge in [0, 0.05) is 20.3 Å². The molecule has 0 aromatic carbocycles. The van der Waals surface area contributed by atoms with E-state index in [4.69, 9.17) is 22.7 Å². The molecule has 8 heteroatoms. The molecule has 5 nitrogen and oxygen atoms in total. The van der Waals surface area contributed by atoms with E-state index in [9.17, 15) is 8.42 Å². The Morgan fingerprint density at radius 1 is 1.42 bits per heavy atom. The molecule has 1 heterocycles. The van der Waals surface area contributed by atoms with Crippen LogP contribution in [0.3, 0.4) is 0 Å². The lowest BCUT2D eigenvalue weighted by Crippen LogP contribution is -2.24. The van der Waals surface area contributed by atoms with Crippen LogP contribution in [-0.2, 0) is 14.8 Å². The quantitative estimate of drug-likeness (QED) is 0.531. The fourth-order valence-corrected chi connectivity index (χ4v) is 3.89. The van der Waals surface area contributed by atoms with Gasteiger partial charge in [-0.1, -0.05) is 12.2 Å². The van der Waals surface area contributed by atoms with Gasteiger partial charge in [0.25, 0.3) is 0 Å². The number of thiocarbonyl (C=S) groups is 1. The largest absolute Gasteiger partial charge is 0.389 e. The summed E-state index contributed by atoms with van der Waals surface area (Å²) in [5.74, 6) is 0. The van der Waals surface area contributed by atoms with Crippen LogP contribution in [0.1, 0.15) is 24.1 Å². The molecule has 0 saturated carbocycles. The van der Waals surface area contributed by atoms with Gasteiger partial charge in [-0.3, -0.25) is 0 Å². The van der Waals surface area contributed by atoms with E-state index in [1.54, 1.807) is 13.2 Å². The van der Waals surface area contributed by atoms with Crippen molar-refractivity contribution in [3.8, 4) is 0 Å². The van der Waals surface area contributed by atoms with Crippen molar-refractivity contribution in [3.05, 3.63) is 17.0 Å². The molecule has 108 valence electrons. The highest BCUT2D eigenvalue weighted by Gasteiger charge is 2.16. The second-order valence-corrected chi connectivity index (χ2v) is 7.45. The Hall–Kier alpha value is -0.540. The smallest absolute Gasteiger partial charge is 0.250 e. The lowest BCUT2D eigenvalue weighted by atomic mass is 10.2. The topological polar surface area (TPSA) is 81.4 Å². The van der Waals surface area contributed by atoms with Crippen molar-refractivity contribution in [3.63, 3.8) is 0 Å². The van der Waals surface area contributed by atoms with Gasteiger partial charge in [-0.25, -0.2) is 13.1 Å². The molecule has 1 rings (SSSR count). The van der Waals surface area contributed by atoms with Gasteiger partial charge in [0.2, 0.25) is 10.0 Å². The molecule has 0 aliphatic heterocycles. The minimum Gasteiger partial charge on any atom is -0.389 e. The van der Waals surface area contributed by atoms with Crippen LogP contribution in [0.25, 0.3) is 0 Å². The summed E-state index contributed by atoms with van der Waals surface area (Å²) < 4.78 is 31.6. The Kier molecular flexibility index (Phi) is 6.87. The average molecular weight is 322 g/mol. The van der Waals surface area contributed by atoms with Crippen molar-refractivity contribution >= 4 is 38.6 Å². The highest BCUT2D eigenvalue weighted by molar-refractivity contribution is 7.91. The third-order valence-corrected chi connectivity index (χ3v) is 5.83. The molecule has 0 unspecified atom stereocenters. The Balaban J connectivity index is 2.44. The van der Waals surface area contributed by atoms with Gasteiger partial charge in [-0.05, 0) is 31.4 Å². The zero-order chi connectivity index (χ0) is 14.3. The van der Waals surface area contributed by atoms with Gasteiger partial charge in [-0.2, -0.15) is 0 Å². The van der Waals surface area contributed by atoms with Crippen LogP contribution in [-0.4, -0.2) is 33.7 Å². The second kappa shape index (κ2) is 7.91. The van der Waals surface area contributed by atoms with Crippen LogP contribution in [0.5, 0.6) is 0 Å². The minimum absolute atomic E-state index is 0.214. The Bertz CT molecular complexity index is 511. The molecule has 1 aromatic rings. The van der Waals surface area contributed by atoms with Gasteiger partial charge in [0.15, 0.2) is 0 Å². The number of nitrogens with two attached hydrogens (primary N) is 1. The zero-order valence-electron chi connectivity index (χ0n) is 10.7. The van der Waals surface area contributed by atoms with E-state index in [0.717, 1.165) is 30.6 Å². The summed E-state index contributed by atoms with van der Waals surface area (Å²) in [5.41, 5.74) is 5.45. The van der Waals surface area contributed by atoms with E-state index in [2.05, 4.69) is 4.72 Å². The van der Waals surface area contributed by atoms with Crippen LogP contribution in [0.15, 0.2) is 16.3 Å². The predicted molar refractivity (Wildman–Crippen MR) is 81.1 cm³/mol. The molecule has 0 radical (unpaired) electrons. The first-order valence-electron chi connectivity index (χ1n) is 5.85. The number of sulfonamides is 1. The van der Waals surface area contributed by atoms with Crippen LogP contribution in [0.4, 0.5) is 0 Å². The monoisotopic (exact) mass is 322 g/mol. The zero-order valence-corrected chi connectivity index (χ0v) is 13.2. The molecular weight excluding hydrogens is 304 g/mol. The van der Waals surface area contributed by atoms with Crippen molar-refractivity contribution in [1.82, 2.24) is 4.72 Å². The summed E-state index contributed by atoms with van der Waals surface area (Å²) in [6, 6.07) is 3.15. The van der Waals surface area contributed by atoms with Crippen LogP contribution in [0.2, 0.25) is 0 Å². The molecule has 0 bridgehead atoms. The van der Waals surface area contributed by atoms with Crippen molar-refractivity contribution in [2.75, 3.05) is 20.3 Å². The van der Waals surface area contributed by atoms with Gasteiger partial charge in [0.1, 0.15) is 9.20 Å². The van der Waals surface area contributed by atoms with Crippen molar-refractivity contribution in [2.24, 2.45) is 5.73 Å². The number of unbranched alkanes of at least 4 members (excludes halogenated alkanes) is 2. The standard InChI is InChI=1S/C11H18N2O3S3/c1-16-8-4-2-3-7-13-19(14,15)10-6-5-9(18-10)11(12)17/h5-6,13H,2-4,7-8H2,1H3,(H2,12,17). The van der Waals surface area contributed by atoms with Gasteiger partial charge >= 0.3 is 0 Å².